The maximum Gasteiger partial charge on any atom is 0.258 e. The number of hydrogen-bond donors (Lipinski definition) is 2. The van der Waals surface area contributed by atoms with Crippen molar-refractivity contribution < 1.29 is 9.59 Å². The first kappa shape index (κ1) is 15.2. The standard InChI is InChI=1S/C13H10Cl2N4O2/c1-16-12(20)7-3-2-4-8(5-7)17-13(21)9-6-10(14)18-19-11(9)15/h2-6H,1H3,(H,16,20)(H,17,21). The van der Waals surface area contributed by atoms with Crippen LogP contribution in [0.25, 0.3) is 0 Å². The highest BCUT2D eigenvalue weighted by molar-refractivity contribution is 6.34. The van der Waals surface area contributed by atoms with Crippen LogP contribution in [0.4, 0.5) is 5.69 Å². The molecule has 0 spiro atoms. The molecule has 108 valence electrons. The minimum atomic E-state index is -0.495. The van der Waals surface area contributed by atoms with E-state index in [1.165, 1.54) is 13.1 Å². The van der Waals surface area contributed by atoms with Gasteiger partial charge in [-0.1, -0.05) is 29.3 Å². The van der Waals surface area contributed by atoms with E-state index in [9.17, 15) is 9.59 Å². The molecule has 2 rings (SSSR count). The van der Waals surface area contributed by atoms with Crippen molar-refractivity contribution in [3.05, 3.63) is 51.8 Å². The van der Waals surface area contributed by atoms with Crippen LogP contribution in [-0.2, 0) is 0 Å². The van der Waals surface area contributed by atoms with E-state index in [2.05, 4.69) is 20.8 Å². The zero-order chi connectivity index (χ0) is 15.4. The SMILES string of the molecule is CNC(=O)c1cccc(NC(=O)c2cc(Cl)nnc2Cl)c1. The van der Waals surface area contributed by atoms with Crippen LogP contribution in [0.2, 0.25) is 10.3 Å². The molecular weight excluding hydrogens is 315 g/mol. The first-order valence-electron chi connectivity index (χ1n) is 5.83. The van der Waals surface area contributed by atoms with Crippen LogP contribution in [0.1, 0.15) is 20.7 Å². The smallest absolute Gasteiger partial charge is 0.258 e. The number of nitrogens with one attached hydrogen (secondary N) is 2. The first-order chi connectivity index (χ1) is 10.0. The van der Waals surface area contributed by atoms with Crippen molar-refractivity contribution in [1.82, 2.24) is 15.5 Å². The summed E-state index contributed by atoms with van der Waals surface area (Å²) >= 11 is 11.5. The summed E-state index contributed by atoms with van der Waals surface area (Å²) in [5.74, 6) is -0.747. The van der Waals surface area contributed by atoms with E-state index in [4.69, 9.17) is 23.2 Å². The average Bonchev–Trinajstić information content (AvgIpc) is 2.49. The Bertz CT molecular complexity index is 706. The Balaban J connectivity index is 2.23. The van der Waals surface area contributed by atoms with Gasteiger partial charge < -0.3 is 10.6 Å². The third kappa shape index (κ3) is 3.68. The summed E-state index contributed by atoms with van der Waals surface area (Å²) in [6.45, 7) is 0. The van der Waals surface area contributed by atoms with E-state index in [-0.39, 0.29) is 21.8 Å². The van der Waals surface area contributed by atoms with Gasteiger partial charge in [0, 0.05) is 18.3 Å². The van der Waals surface area contributed by atoms with Crippen molar-refractivity contribution in [2.45, 2.75) is 0 Å². The second-order valence-corrected chi connectivity index (χ2v) is 4.73. The average molecular weight is 325 g/mol. The molecular formula is C13H10Cl2N4O2. The summed E-state index contributed by atoms with van der Waals surface area (Å²) in [7, 11) is 1.53. The van der Waals surface area contributed by atoms with Crippen molar-refractivity contribution in [1.29, 1.82) is 0 Å². The number of amides is 2. The molecule has 0 bridgehead atoms. The largest absolute Gasteiger partial charge is 0.355 e. The lowest BCUT2D eigenvalue weighted by Gasteiger charge is -2.07. The number of carbonyl (C=O) groups excluding carboxylic acids is 2. The summed E-state index contributed by atoms with van der Waals surface area (Å²) in [4.78, 5) is 23.7. The summed E-state index contributed by atoms with van der Waals surface area (Å²) in [5, 5.41) is 12.2. The van der Waals surface area contributed by atoms with Gasteiger partial charge in [0.15, 0.2) is 10.3 Å². The van der Waals surface area contributed by atoms with Crippen LogP contribution < -0.4 is 10.6 Å². The van der Waals surface area contributed by atoms with Crippen LogP contribution >= 0.6 is 23.2 Å². The maximum absolute atomic E-state index is 12.1. The van der Waals surface area contributed by atoms with Crippen molar-refractivity contribution in [2.24, 2.45) is 0 Å². The second kappa shape index (κ2) is 6.51. The third-order valence-electron chi connectivity index (χ3n) is 2.57. The molecule has 0 aliphatic carbocycles. The lowest BCUT2D eigenvalue weighted by molar-refractivity contribution is 0.0961. The number of aromatic nitrogens is 2. The van der Waals surface area contributed by atoms with E-state index in [0.717, 1.165) is 0 Å². The van der Waals surface area contributed by atoms with Gasteiger partial charge in [0.2, 0.25) is 0 Å². The van der Waals surface area contributed by atoms with Gasteiger partial charge in [-0.25, -0.2) is 0 Å². The zero-order valence-electron chi connectivity index (χ0n) is 10.9. The quantitative estimate of drug-likeness (QED) is 0.907. The summed E-state index contributed by atoms with van der Waals surface area (Å²) in [6, 6.07) is 7.79. The van der Waals surface area contributed by atoms with E-state index in [1.54, 1.807) is 24.3 Å². The molecule has 0 radical (unpaired) electrons. The first-order valence-corrected chi connectivity index (χ1v) is 6.59. The zero-order valence-corrected chi connectivity index (χ0v) is 12.4. The minimum Gasteiger partial charge on any atom is -0.355 e. The highest BCUT2D eigenvalue weighted by Gasteiger charge is 2.14. The molecule has 0 fully saturated rings. The van der Waals surface area contributed by atoms with Gasteiger partial charge in [-0.2, -0.15) is 0 Å². The highest BCUT2D eigenvalue weighted by Crippen LogP contribution is 2.18. The Morgan fingerprint density at radius 3 is 2.57 bits per heavy atom. The van der Waals surface area contributed by atoms with Crippen molar-refractivity contribution in [3.63, 3.8) is 0 Å². The topological polar surface area (TPSA) is 84.0 Å². The maximum atomic E-state index is 12.1. The number of anilines is 1. The minimum absolute atomic E-state index is 0.0562. The number of rotatable bonds is 3. The van der Waals surface area contributed by atoms with Crippen LogP contribution in [0.15, 0.2) is 30.3 Å². The number of halogens is 2. The van der Waals surface area contributed by atoms with Gasteiger partial charge in [0.1, 0.15) is 0 Å². The summed E-state index contributed by atoms with van der Waals surface area (Å²) in [6.07, 6.45) is 0. The number of hydrogen-bond acceptors (Lipinski definition) is 4. The van der Waals surface area contributed by atoms with E-state index in [0.29, 0.717) is 11.3 Å². The predicted octanol–water partition coefficient (Wildman–Crippen LogP) is 2.40. The van der Waals surface area contributed by atoms with E-state index in [1.807, 2.05) is 0 Å². The molecule has 0 aliphatic rings. The molecule has 0 unspecified atom stereocenters. The van der Waals surface area contributed by atoms with Gasteiger partial charge in [-0.15, -0.1) is 10.2 Å². The Hall–Kier alpha value is -2.18. The Kier molecular flexibility index (Phi) is 4.72. The molecule has 0 saturated heterocycles. The van der Waals surface area contributed by atoms with Gasteiger partial charge in [0.25, 0.3) is 11.8 Å². The van der Waals surface area contributed by atoms with E-state index >= 15 is 0 Å². The molecule has 0 atom stereocenters. The van der Waals surface area contributed by atoms with Crippen molar-refractivity contribution in [2.75, 3.05) is 12.4 Å². The van der Waals surface area contributed by atoms with Crippen LogP contribution in [0.5, 0.6) is 0 Å². The summed E-state index contributed by atoms with van der Waals surface area (Å²) < 4.78 is 0. The molecule has 21 heavy (non-hydrogen) atoms. The van der Waals surface area contributed by atoms with Crippen molar-refractivity contribution >= 4 is 40.7 Å². The van der Waals surface area contributed by atoms with E-state index < -0.39 is 5.91 Å². The Morgan fingerprint density at radius 2 is 1.86 bits per heavy atom. The second-order valence-electron chi connectivity index (χ2n) is 3.99. The van der Waals surface area contributed by atoms with Crippen molar-refractivity contribution in [3.8, 4) is 0 Å². The predicted molar refractivity (Wildman–Crippen MR) is 79.8 cm³/mol. The van der Waals surface area contributed by atoms with Crippen LogP contribution in [-0.4, -0.2) is 29.1 Å². The number of nitrogens with zero attached hydrogens (tertiary/aromatic N) is 2. The summed E-state index contributed by atoms with van der Waals surface area (Å²) in [5.41, 5.74) is 0.972. The lowest BCUT2D eigenvalue weighted by atomic mass is 10.2. The normalized spacial score (nSPS) is 10.0. The molecule has 6 nitrogen and oxygen atoms in total. The van der Waals surface area contributed by atoms with Crippen LogP contribution in [0, 0.1) is 0 Å². The fourth-order valence-electron chi connectivity index (χ4n) is 1.59. The molecule has 1 aromatic carbocycles. The van der Waals surface area contributed by atoms with Crippen LogP contribution in [0.3, 0.4) is 0 Å². The number of carbonyl (C=O) groups is 2. The molecule has 2 aromatic rings. The fraction of sp³-hybridized carbons (Fsp3) is 0.0769. The molecule has 1 heterocycles. The molecule has 1 aromatic heterocycles. The molecule has 0 aliphatic heterocycles. The monoisotopic (exact) mass is 324 g/mol. The number of benzene rings is 1. The highest BCUT2D eigenvalue weighted by atomic mass is 35.5. The fourth-order valence-corrected chi connectivity index (χ4v) is 1.92. The van der Waals surface area contributed by atoms with Gasteiger partial charge in [0.05, 0.1) is 5.56 Å². The molecule has 0 saturated carbocycles. The Morgan fingerprint density at radius 1 is 1.10 bits per heavy atom. The molecule has 2 N–H and O–H groups in total. The van der Waals surface area contributed by atoms with Gasteiger partial charge >= 0.3 is 0 Å². The molecule has 8 heteroatoms. The third-order valence-corrected chi connectivity index (χ3v) is 3.04. The Labute approximate surface area is 130 Å². The lowest BCUT2D eigenvalue weighted by Crippen LogP contribution is -2.18. The van der Waals surface area contributed by atoms with Gasteiger partial charge in [-0.3, -0.25) is 9.59 Å². The van der Waals surface area contributed by atoms with Gasteiger partial charge in [-0.05, 0) is 24.3 Å². The molecule has 2 amide bonds.